The fourth-order valence-corrected chi connectivity index (χ4v) is 11.2. The van der Waals surface area contributed by atoms with Crippen molar-refractivity contribution in [3.63, 3.8) is 0 Å². The summed E-state index contributed by atoms with van der Waals surface area (Å²) in [4.78, 5) is 15.7. The van der Waals surface area contributed by atoms with Crippen LogP contribution in [0.3, 0.4) is 0 Å². The number of allylic oxidation sites excluding steroid dienone is 18. The molecule has 3 heterocycles. The van der Waals surface area contributed by atoms with Crippen LogP contribution in [0.2, 0.25) is 0 Å². The molecule has 308 valence electrons. The first kappa shape index (κ1) is 37.2. The number of para-hydroxylation sites is 1. The summed E-state index contributed by atoms with van der Waals surface area (Å²) in [5.41, 5.74) is 11.2. The molecule has 5 aliphatic carbocycles. The maximum atomic E-state index is 5.27. The van der Waals surface area contributed by atoms with E-state index in [4.69, 9.17) is 15.0 Å². The van der Waals surface area contributed by atoms with Crippen molar-refractivity contribution >= 4 is 65.7 Å². The van der Waals surface area contributed by atoms with Crippen molar-refractivity contribution in [1.29, 1.82) is 0 Å². The lowest BCUT2D eigenvalue weighted by Gasteiger charge is -2.30. The first-order valence-corrected chi connectivity index (χ1v) is 23.1. The first-order valence-electron chi connectivity index (χ1n) is 23.1. The van der Waals surface area contributed by atoms with Gasteiger partial charge in [-0.25, -0.2) is 15.0 Å². The molecule has 13 rings (SSSR count). The van der Waals surface area contributed by atoms with Crippen LogP contribution >= 0.6 is 0 Å². The van der Waals surface area contributed by atoms with E-state index >= 15 is 0 Å². The Morgan fingerprint density at radius 1 is 0.547 bits per heavy atom. The van der Waals surface area contributed by atoms with Gasteiger partial charge in [-0.1, -0.05) is 158 Å². The molecule has 8 aromatic rings. The molecule has 5 heteroatoms. The summed E-state index contributed by atoms with van der Waals surface area (Å²) in [6.45, 7) is 0. The molecule has 0 spiro atoms. The molecule has 3 aromatic heterocycles. The zero-order chi connectivity index (χ0) is 42.1. The van der Waals surface area contributed by atoms with Gasteiger partial charge in [0, 0.05) is 44.6 Å². The van der Waals surface area contributed by atoms with Gasteiger partial charge in [0.15, 0.2) is 11.6 Å². The topological polar surface area (TPSA) is 48.5 Å². The standard InChI is InChI=1S/C59H47N5/c1-4-15-38(16-5-1)39-27-29-42(30-28-39)58-60-57(41-18-6-2-7-19-41)61-59(62-58)44-31-33-46-43(35-44)20-14-26-51(46)64-52-25-13-12-24-48(52)49-36-50-55(37-54(49)64)63(45-21-8-3-9-22-45)53-34-32-40-17-10-11-23-47(40)56(50)53/h1-6,8-15,17-18,21,23-34,36-38,43-45H,7,16,19-20,22,35H2. The number of hydrogen-bond donors (Lipinski definition) is 0. The van der Waals surface area contributed by atoms with Gasteiger partial charge < -0.3 is 9.13 Å². The quantitative estimate of drug-likeness (QED) is 0.168. The van der Waals surface area contributed by atoms with Crippen LogP contribution in [0.5, 0.6) is 0 Å². The van der Waals surface area contributed by atoms with Gasteiger partial charge in [-0.2, -0.15) is 0 Å². The minimum absolute atomic E-state index is 0.0704. The molecule has 64 heavy (non-hydrogen) atoms. The van der Waals surface area contributed by atoms with Crippen molar-refractivity contribution in [3.05, 3.63) is 211 Å². The van der Waals surface area contributed by atoms with Crippen LogP contribution in [0.1, 0.15) is 73.6 Å². The molecular weight excluding hydrogens is 779 g/mol. The highest BCUT2D eigenvalue weighted by Gasteiger charge is 2.31. The molecule has 0 amide bonds. The zero-order valence-corrected chi connectivity index (χ0v) is 35.7. The predicted octanol–water partition coefficient (Wildman–Crippen LogP) is 14.8. The summed E-state index contributed by atoms with van der Waals surface area (Å²) >= 11 is 0. The summed E-state index contributed by atoms with van der Waals surface area (Å²) < 4.78 is 5.15. The van der Waals surface area contributed by atoms with Crippen LogP contribution in [0.25, 0.3) is 77.0 Å². The third-order valence-corrected chi connectivity index (χ3v) is 14.4. The number of aromatic nitrogens is 5. The third kappa shape index (κ3) is 6.09. The Labute approximate surface area is 372 Å². The highest BCUT2D eigenvalue weighted by Crippen LogP contribution is 2.46. The van der Waals surface area contributed by atoms with E-state index < -0.39 is 0 Å². The average molecular weight is 826 g/mol. The molecule has 4 unspecified atom stereocenters. The van der Waals surface area contributed by atoms with Crippen molar-refractivity contribution in [2.75, 3.05) is 0 Å². The number of rotatable bonds is 6. The van der Waals surface area contributed by atoms with E-state index in [-0.39, 0.29) is 12.0 Å². The van der Waals surface area contributed by atoms with Crippen molar-refractivity contribution < 1.29 is 0 Å². The van der Waals surface area contributed by atoms with E-state index in [1.165, 1.54) is 76.8 Å². The van der Waals surface area contributed by atoms with E-state index in [0.717, 1.165) is 61.6 Å². The van der Waals surface area contributed by atoms with Crippen LogP contribution in [0.4, 0.5) is 0 Å². The Morgan fingerprint density at radius 2 is 1.39 bits per heavy atom. The van der Waals surface area contributed by atoms with E-state index in [9.17, 15) is 0 Å². The lowest BCUT2D eigenvalue weighted by atomic mass is 9.77. The molecular formula is C59H47N5. The average Bonchev–Trinajstić information content (AvgIpc) is 3.88. The smallest absolute Gasteiger partial charge is 0.163 e. The molecule has 4 atom stereocenters. The monoisotopic (exact) mass is 825 g/mol. The summed E-state index contributed by atoms with van der Waals surface area (Å²) in [5, 5.41) is 7.79. The van der Waals surface area contributed by atoms with E-state index in [2.05, 4.69) is 197 Å². The Morgan fingerprint density at radius 3 is 2.23 bits per heavy atom. The molecule has 5 nitrogen and oxygen atoms in total. The first-order chi connectivity index (χ1) is 31.7. The van der Waals surface area contributed by atoms with Crippen LogP contribution < -0.4 is 0 Å². The Hall–Kier alpha value is -7.37. The Kier molecular flexibility index (Phi) is 8.82. The summed E-state index contributed by atoms with van der Waals surface area (Å²) in [6.07, 6.45) is 39.8. The lowest BCUT2D eigenvalue weighted by molar-refractivity contribution is 0.510. The summed E-state index contributed by atoms with van der Waals surface area (Å²) in [7, 11) is 0. The fourth-order valence-electron chi connectivity index (χ4n) is 11.2. The van der Waals surface area contributed by atoms with Gasteiger partial charge >= 0.3 is 0 Å². The zero-order valence-electron chi connectivity index (χ0n) is 35.7. The summed E-state index contributed by atoms with van der Waals surface area (Å²) in [5.74, 6) is 3.21. The Bertz CT molecular complexity index is 3520. The third-order valence-electron chi connectivity index (χ3n) is 14.4. The lowest BCUT2D eigenvalue weighted by Crippen LogP contribution is -2.19. The van der Waals surface area contributed by atoms with Gasteiger partial charge in [0.2, 0.25) is 0 Å². The number of nitrogens with zero attached hydrogens (tertiary/aromatic N) is 5. The highest BCUT2D eigenvalue weighted by molar-refractivity contribution is 6.25. The molecule has 0 N–H and O–H groups in total. The molecule has 0 bridgehead atoms. The normalized spacial score (nSPS) is 21.6. The van der Waals surface area contributed by atoms with E-state index in [1.54, 1.807) is 0 Å². The van der Waals surface area contributed by atoms with Gasteiger partial charge in [0.1, 0.15) is 5.82 Å². The number of fused-ring (bicyclic) bond motifs is 9. The molecule has 0 aliphatic heterocycles. The highest BCUT2D eigenvalue weighted by atomic mass is 15.0. The number of hydrogen-bond acceptors (Lipinski definition) is 3. The molecule has 0 fully saturated rings. The predicted molar refractivity (Wildman–Crippen MR) is 266 cm³/mol. The van der Waals surface area contributed by atoms with Crippen molar-refractivity contribution in [3.8, 4) is 11.4 Å². The second kappa shape index (κ2) is 15.2. The van der Waals surface area contributed by atoms with E-state index in [1.807, 2.05) is 0 Å². The maximum absolute atomic E-state index is 5.27. The molecule has 0 radical (unpaired) electrons. The molecule has 0 saturated carbocycles. The summed E-state index contributed by atoms with van der Waals surface area (Å²) in [6, 6.07) is 36.6. The second-order valence-electron chi connectivity index (χ2n) is 18.1. The van der Waals surface area contributed by atoms with Gasteiger partial charge in [-0.3, -0.25) is 0 Å². The minimum Gasteiger partial charge on any atom is -0.333 e. The van der Waals surface area contributed by atoms with Gasteiger partial charge in [0.05, 0.1) is 28.1 Å². The number of benzene rings is 5. The van der Waals surface area contributed by atoms with Crippen LogP contribution in [0.15, 0.2) is 194 Å². The largest absolute Gasteiger partial charge is 0.333 e. The molecule has 0 saturated heterocycles. The van der Waals surface area contributed by atoms with Gasteiger partial charge in [-0.15, -0.1) is 0 Å². The fraction of sp³-hybridized carbons (Fsp3) is 0.169. The van der Waals surface area contributed by atoms with Crippen LogP contribution in [-0.2, 0) is 0 Å². The SMILES string of the molecule is C1=CCCC(c2nc(-c3ccc(C4C=CC=CC4)cc3)nc(C3C=CC4=C(n5c6ccccc6c6cc7c8c9ccccc9ccc8n(C8C=CC=CC8)c7cc65)C=CCC4C3)n2)=C1. The van der Waals surface area contributed by atoms with Crippen molar-refractivity contribution in [2.45, 2.75) is 56.4 Å². The van der Waals surface area contributed by atoms with Crippen molar-refractivity contribution in [1.82, 2.24) is 24.1 Å². The molecule has 5 aliphatic rings. The van der Waals surface area contributed by atoms with Gasteiger partial charge in [0.25, 0.3) is 0 Å². The molecule has 5 aromatic carbocycles. The van der Waals surface area contributed by atoms with Crippen LogP contribution in [0, 0.1) is 5.92 Å². The van der Waals surface area contributed by atoms with Crippen molar-refractivity contribution in [2.24, 2.45) is 5.92 Å². The Balaban J connectivity index is 0.950. The van der Waals surface area contributed by atoms with Crippen LogP contribution in [-0.4, -0.2) is 24.1 Å². The maximum Gasteiger partial charge on any atom is 0.163 e. The van der Waals surface area contributed by atoms with Gasteiger partial charge in [-0.05, 0) is 102 Å². The van der Waals surface area contributed by atoms with E-state index in [0.29, 0.717) is 11.8 Å². The minimum atomic E-state index is 0.0704. The second-order valence-corrected chi connectivity index (χ2v) is 18.1.